The van der Waals surface area contributed by atoms with Crippen LogP contribution in [0.2, 0.25) is 0 Å². The summed E-state index contributed by atoms with van der Waals surface area (Å²) in [5, 5.41) is 2.93. The third kappa shape index (κ3) is 4.48. The Kier molecular flexibility index (Phi) is 5.65. The molecule has 0 bridgehead atoms. The molecule has 1 heterocycles. The van der Waals surface area contributed by atoms with Crippen LogP contribution in [-0.2, 0) is 11.0 Å². The monoisotopic (exact) mass is 572 g/mol. The van der Waals surface area contributed by atoms with Crippen molar-refractivity contribution in [3.63, 3.8) is 0 Å². The van der Waals surface area contributed by atoms with Crippen molar-refractivity contribution in [1.82, 2.24) is 10.2 Å². The average molecular weight is 572 g/mol. The van der Waals surface area contributed by atoms with Crippen molar-refractivity contribution in [2.24, 2.45) is 11.8 Å². The average Bonchev–Trinajstić information content (AvgIpc) is 3.68. The maximum Gasteiger partial charge on any atom is 0.419 e. The SMILES string of the molecule is O=C(N[C@@H](c1ccc(C(F)(F)F)c(F)c1)C1CC1)[C@H]1CC2C[C@H]2N1C(=O)c1cccc(I)c1. The van der Waals surface area contributed by atoms with E-state index in [9.17, 15) is 27.2 Å². The zero-order valence-electron chi connectivity index (χ0n) is 17.4. The van der Waals surface area contributed by atoms with E-state index in [1.807, 2.05) is 6.07 Å². The molecule has 4 nitrogen and oxygen atoms in total. The number of hydrogen-bond donors (Lipinski definition) is 1. The largest absolute Gasteiger partial charge is 0.419 e. The Bertz CT molecular complexity index is 1120. The van der Waals surface area contributed by atoms with Gasteiger partial charge in [-0.1, -0.05) is 12.1 Å². The summed E-state index contributed by atoms with van der Waals surface area (Å²) in [5.74, 6) is -1.55. The topological polar surface area (TPSA) is 49.4 Å². The molecular weight excluding hydrogens is 551 g/mol. The Morgan fingerprint density at radius 2 is 1.85 bits per heavy atom. The molecule has 0 aromatic heterocycles. The second kappa shape index (κ2) is 8.25. The molecule has 2 aromatic rings. The van der Waals surface area contributed by atoms with Gasteiger partial charge in [0, 0.05) is 15.2 Å². The van der Waals surface area contributed by atoms with Crippen LogP contribution < -0.4 is 5.32 Å². The second-order valence-corrected chi connectivity index (χ2v) is 10.3. The minimum Gasteiger partial charge on any atom is -0.347 e. The minimum atomic E-state index is -4.78. The lowest BCUT2D eigenvalue weighted by molar-refractivity contribution is -0.140. The zero-order valence-corrected chi connectivity index (χ0v) is 19.6. The molecule has 1 aliphatic heterocycles. The number of rotatable bonds is 5. The Morgan fingerprint density at radius 3 is 2.48 bits per heavy atom. The van der Waals surface area contributed by atoms with Crippen LogP contribution in [0.4, 0.5) is 17.6 Å². The van der Waals surface area contributed by atoms with Crippen molar-refractivity contribution < 1.29 is 27.2 Å². The molecule has 5 rings (SSSR count). The van der Waals surface area contributed by atoms with E-state index in [2.05, 4.69) is 27.9 Å². The number of benzene rings is 2. The first-order valence-electron chi connectivity index (χ1n) is 10.9. The van der Waals surface area contributed by atoms with Gasteiger partial charge in [0.25, 0.3) is 5.91 Å². The highest BCUT2D eigenvalue weighted by Crippen LogP contribution is 2.49. The van der Waals surface area contributed by atoms with Crippen molar-refractivity contribution in [2.75, 3.05) is 0 Å². The summed E-state index contributed by atoms with van der Waals surface area (Å²) in [6.07, 6.45) is -1.74. The highest BCUT2D eigenvalue weighted by molar-refractivity contribution is 14.1. The van der Waals surface area contributed by atoms with Gasteiger partial charge in [0.15, 0.2) is 0 Å². The lowest BCUT2D eigenvalue weighted by Gasteiger charge is -2.29. The van der Waals surface area contributed by atoms with E-state index in [4.69, 9.17) is 0 Å². The highest BCUT2D eigenvalue weighted by Gasteiger charge is 2.56. The number of fused-ring (bicyclic) bond motifs is 1. The van der Waals surface area contributed by atoms with Gasteiger partial charge >= 0.3 is 6.18 Å². The lowest BCUT2D eigenvalue weighted by Crippen LogP contribution is -2.49. The summed E-state index contributed by atoms with van der Waals surface area (Å²) in [6.45, 7) is 0. The van der Waals surface area contributed by atoms with Gasteiger partial charge in [-0.25, -0.2) is 4.39 Å². The molecule has 1 N–H and O–H groups in total. The van der Waals surface area contributed by atoms with Crippen LogP contribution in [0.25, 0.3) is 0 Å². The van der Waals surface area contributed by atoms with Gasteiger partial charge < -0.3 is 10.2 Å². The van der Waals surface area contributed by atoms with Gasteiger partial charge in [-0.05, 0) is 96.0 Å². The van der Waals surface area contributed by atoms with Crippen LogP contribution in [0, 0.1) is 21.2 Å². The first kappa shape index (κ1) is 22.6. The molecule has 2 amide bonds. The number of alkyl halides is 3. The summed E-state index contributed by atoms with van der Waals surface area (Å²) in [4.78, 5) is 28.1. The normalized spacial score (nSPS) is 24.9. The van der Waals surface area contributed by atoms with Crippen LogP contribution in [-0.4, -0.2) is 28.8 Å². The summed E-state index contributed by atoms with van der Waals surface area (Å²) < 4.78 is 53.9. The van der Waals surface area contributed by atoms with Crippen molar-refractivity contribution in [3.05, 3.63) is 68.5 Å². The Balaban J connectivity index is 1.36. The molecule has 0 spiro atoms. The molecule has 3 fully saturated rings. The summed E-state index contributed by atoms with van der Waals surface area (Å²) >= 11 is 2.13. The summed E-state index contributed by atoms with van der Waals surface area (Å²) in [6, 6.07) is 8.84. The number of likely N-dealkylation sites (tertiary alicyclic amines) is 1. The molecule has 2 aliphatic carbocycles. The van der Waals surface area contributed by atoms with E-state index < -0.39 is 29.6 Å². The van der Waals surface area contributed by atoms with E-state index in [1.165, 1.54) is 6.07 Å². The summed E-state index contributed by atoms with van der Waals surface area (Å²) in [5.41, 5.74) is -0.483. The fourth-order valence-corrected chi connectivity index (χ4v) is 5.40. The summed E-state index contributed by atoms with van der Waals surface area (Å²) in [7, 11) is 0. The Labute approximate surface area is 201 Å². The molecule has 0 radical (unpaired) electrons. The molecular formula is C24H21F4IN2O2. The lowest BCUT2D eigenvalue weighted by atomic mass is 9.99. The number of carbonyl (C=O) groups excluding carboxylic acids is 2. The Hall–Kier alpha value is -2.17. The molecule has 174 valence electrons. The van der Waals surface area contributed by atoms with Crippen LogP contribution >= 0.6 is 22.6 Å². The smallest absolute Gasteiger partial charge is 0.347 e. The molecule has 9 heteroatoms. The van der Waals surface area contributed by atoms with Crippen molar-refractivity contribution in [1.29, 1.82) is 0 Å². The van der Waals surface area contributed by atoms with Crippen LogP contribution in [0.15, 0.2) is 42.5 Å². The van der Waals surface area contributed by atoms with Crippen LogP contribution in [0.1, 0.15) is 53.2 Å². The number of nitrogens with zero attached hydrogens (tertiary/aromatic N) is 1. The fraction of sp³-hybridized carbons (Fsp3) is 0.417. The molecule has 2 aromatic carbocycles. The molecule has 2 saturated carbocycles. The number of carbonyl (C=O) groups is 2. The predicted octanol–water partition coefficient (Wildman–Crippen LogP) is 5.32. The maximum absolute atomic E-state index is 14.2. The highest BCUT2D eigenvalue weighted by atomic mass is 127. The molecule has 1 unspecified atom stereocenters. The van der Waals surface area contributed by atoms with Gasteiger partial charge in [0.1, 0.15) is 11.9 Å². The van der Waals surface area contributed by atoms with Crippen LogP contribution in [0.5, 0.6) is 0 Å². The number of halogens is 5. The van der Waals surface area contributed by atoms with E-state index in [-0.39, 0.29) is 29.7 Å². The molecule has 1 saturated heterocycles. The quantitative estimate of drug-likeness (QED) is 0.390. The minimum absolute atomic E-state index is 0.0361. The fourth-order valence-electron chi connectivity index (χ4n) is 4.86. The number of hydrogen-bond acceptors (Lipinski definition) is 2. The van der Waals surface area contributed by atoms with E-state index in [0.29, 0.717) is 17.5 Å². The molecule has 3 aliphatic rings. The van der Waals surface area contributed by atoms with Gasteiger partial charge in [-0.2, -0.15) is 13.2 Å². The van der Waals surface area contributed by atoms with Gasteiger partial charge in [0.2, 0.25) is 5.91 Å². The van der Waals surface area contributed by atoms with E-state index >= 15 is 0 Å². The van der Waals surface area contributed by atoms with Crippen molar-refractivity contribution in [3.8, 4) is 0 Å². The van der Waals surface area contributed by atoms with Gasteiger partial charge in [-0.15, -0.1) is 0 Å². The van der Waals surface area contributed by atoms with Gasteiger partial charge in [-0.3, -0.25) is 9.59 Å². The standard InChI is InChI=1S/C24H21F4IN2O2/c25-18-9-13(6-7-17(18)24(26,27)28)21(12-4-5-12)30-22(32)20-11-15-10-19(15)31(20)23(33)14-2-1-3-16(29)8-14/h1-3,6-9,12,15,19-21H,4-5,10-11H2,(H,30,32)/t15?,19-,20-,21-/m1/s1. The number of piperidine rings is 1. The van der Waals surface area contributed by atoms with Crippen LogP contribution in [0.3, 0.4) is 0 Å². The second-order valence-electron chi connectivity index (χ2n) is 9.10. The van der Waals surface area contributed by atoms with Gasteiger partial charge in [0.05, 0.1) is 11.6 Å². The molecule has 4 atom stereocenters. The Morgan fingerprint density at radius 1 is 1.09 bits per heavy atom. The third-order valence-corrected chi connectivity index (χ3v) is 7.43. The number of nitrogens with one attached hydrogen (secondary N) is 1. The third-order valence-electron chi connectivity index (χ3n) is 6.76. The maximum atomic E-state index is 14.2. The first-order chi connectivity index (χ1) is 15.6. The van der Waals surface area contributed by atoms with E-state index in [0.717, 1.165) is 35.0 Å². The zero-order chi connectivity index (χ0) is 23.5. The first-order valence-corrected chi connectivity index (χ1v) is 12.0. The predicted molar refractivity (Wildman–Crippen MR) is 121 cm³/mol. The van der Waals surface area contributed by atoms with Crippen molar-refractivity contribution in [2.45, 2.75) is 50.0 Å². The molecule has 33 heavy (non-hydrogen) atoms. The van der Waals surface area contributed by atoms with E-state index in [1.54, 1.807) is 23.1 Å². The van der Waals surface area contributed by atoms with Crippen molar-refractivity contribution >= 4 is 34.4 Å². The number of amides is 2.